The summed E-state index contributed by atoms with van der Waals surface area (Å²) in [6.45, 7) is 1.66. The Kier molecular flexibility index (Phi) is 5.49. The van der Waals surface area contributed by atoms with Crippen LogP contribution in [0.4, 0.5) is 11.6 Å². The standard InChI is InChI=1S/C22H28N6O/c1-26(2)18-6-4-16(5-7-18)19-8-11-24-22(25-19)28-13-9-17(10-14-28)20(29)21-23-12-15-27(21)3/h4-8,11-12,15,17,20,29H,9-10,13-14H2,1-3H3. The molecule has 0 saturated carbocycles. The molecule has 3 aromatic rings. The molecule has 0 amide bonds. The Balaban J connectivity index is 1.44. The van der Waals surface area contributed by atoms with Gasteiger partial charge in [0.05, 0.1) is 5.69 Å². The van der Waals surface area contributed by atoms with Gasteiger partial charge in [0.25, 0.3) is 0 Å². The molecule has 1 N–H and O–H groups in total. The summed E-state index contributed by atoms with van der Waals surface area (Å²) in [5.74, 6) is 1.70. The Labute approximate surface area is 171 Å². The van der Waals surface area contributed by atoms with E-state index >= 15 is 0 Å². The second-order valence-electron chi connectivity index (χ2n) is 7.85. The predicted molar refractivity (Wildman–Crippen MR) is 115 cm³/mol. The summed E-state index contributed by atoms with van der Waals surface area (Å²) in [6, 6.07) is 10.3. The van der Waals surface area contributed by atoms with E-state index in [1.54, 1.807) is 6.20 Å². The average Bonchev–Trinajstić information content (AvgIpc) is 3.19. The zero-order valence-corrected chi connectivity index (χ0v) is 17.2. The monoisotopic (exact) mass is 392 g/mol. The lowest BCUT2D eigenvalue weighted by molar-refractivity contribution is 0.0823. The molecular formula is C22H28N6O. The number of piperidine rings is 1. The highest BCUT2D eigenvalue weighted by molar-refractivity contribution is 5.63. The molecule has 1 saturated heterocycles. The topological polar surface area (TPSA) is 70.3 Å². The summed E-state index contributed by atoms with van der Waals surface area (Å²) >= 11 is 0. The molecule has 7 nitrogen and oxygen atoms in total. The molecule has 1 atom stereocenters. The summed E-state index contributed by atoms with van der Waals surface area (Å²) < 4.78 is 1.89. The zero-order valence-electron chi connectivity index (χ0n) is 17.2. The van der Waals surface area contributed by atoms with Crippen molar-refractivity contribution >= 4 is 11.6 Å². The third-order valence-corrected chi connectivity index (χ3v) is 5.71. The highest BCUT2D eigenvalue weighted by Gasteiger charge is 2.29. The Morgan fingerprint density at radius 3 is 2.38 bits per heavy atom. The molecular weight excluding hydrogens is 364 g/mol. The van der Waals surface area contributed by atoms with Gasteiger partial charge in [-0.3, -0.25) is 0 Å². The molecule has 2 aromatic heterocycles. The SMILES string of the molecule is CN(C)c1ccc(-c2ccnc(N3CCC(C(O)c4nccn4C)CC3)n2)cc1. The highest BCUT2D eigenvalue weighted by Crippen LogP contribution is 2.31. The number of aromatic nitrogens is 4. The van der Waals surface area contributed by atoms with Crippen LogP contribution in [0.2, 0.25) is 0 Å². The van der Waals surface area contributed by atoms with Gasteiger partial charge in [-0.1, -0.05) is 12.1 Å². The van der Waals surface area contributed by atoms with E-state index in [1.165, 1.54) is 0 Å². The van der Waals surface area contributed by atoms with E-state index < -0.39 is 6.10 Å². The first-order valence-electron chi connectivity index (χ1n) is 10.0. The van der Waals surface area contributed by atoms with E-state index in [-0.39, 0.29) is 5.92 Å². The first-order valence-corrected chi connectivity index (χ1v) is 10.0. The number of aliphatic hydroxyl groups is 1. The molecule has 0 aliphatic carbocycles. The van der Waals surface area contributed by atoms with Crippen molar-refractivity contribution in [3.8, 4) is 11.3 Å². The van der Waals surface area contributed by atoms with Crippen molar-refractivity contribution in [1.29, 1.82) is 0 Å². The lowest BCUT2D eigenvalue weighted by Gasteiger charge is -2.34. The van der Waals surface area contributed by atoms with Gasteiger partial charge in [-0.2, -0.15) is 0 Å². The fourth-order valence-electron chi connectivity index (χ4n) is 3.88. The molecule has 0 radical (unpaired) electrons. The van der Waals surface area contributed by atoms with E-state index in [1.807, 2.05) is 44.2 Å². The van der Waals surface area contributed by atoms with Crippen LogP contribution in [0.5, 0.6) is 0 Å². The normalized spacial score (nSPS) is 16.1. The Bertz CT molecular complexity index is 944. The van der Waals surface area contributed by atoms with Crippen LogP contribution in [-0.2, 0) is 7.05 Å². The molecule has 29 heavy (non-hydrogen) atoms. The predicted octanol–water partition coefficient (Wildman–Crippen LogP) is 2.89. The fourth-order valence-corrected chi connectivity index (χ4v) is 3.88. The lowest BCUT2D eigenvalue weighted by atomic mass is 9.91. The second kappa shape index (κ2) is 8.21. The average molecular weight is 393 g/mol. The number of imidazole rings is 1. The van der Waals surface area contributed by atoms with Gasteiger partial charge in [0.2, 0.25) is 5.95 Å². The second-order valence-corrected chi connectivity index (χ2v) is 7.85. The first-order chi connectivity index (χ1) is 14.0. The van der Waals surface area contributed by atoms with Crippen LogP contribution in [0.25, 0.3) is 11.3 Å². The maximum Gasteiger partial charge on any atom is 0.225 e. The lowest BCUT2D eigenvalue weighted by Crippen LogP contribution is -2.37. The molecule has 152 valence electrons. The highest BCUT2D eigenvalue weighted by atomic mass is 16.3. The van der Waals surface area contributed by atoms with Gasteiger partial charge in [-0.05, 0) is 37.0 Å². The van der Waals surface area contributed by atoms with Crippen LogP contribution in [0.1, 0.15) is 24.8 Å². The molecule has 1 fully saturated rings. The van der Waals surface area contributed by atoms with Gasteiger partial charge in [-0.15, -0.1) is 0 Å². The minimum Gasteiger partial charge on any atom is -0.385 e. The van der Waals surface area contributed by atoms with Gasteiger partial charge >= 0.3 is 0 Å². The zero-order chi connectivity index (χ0) is 20.4. The first kappa shape index (κ1) is 19.4. The molecule has 4 rings (SSSR count). The summed E-state index contributed by atoms with van der Waals surface area (Å²) in [5, 5.41) is 10.7. The van der Waals surface area contributed by atoms with Crippen LogP contribution in [0, 0.1) is 5.92 Å². The van der Waals surface area contributed by atoms with Gasteiger partial charge in [0.1, 0.15) is 11.9 Å². The summed E-state index contributed by atoms with van der Waals surface area (Å²) in [7, 11) is 5.99. The van der Waals surface area contributed by atoms with E-state index in [0.29, 0.717) is 0 Å². The van der Waals surface area contributed by atoms with Crippen LogP contribution in [0.15, 0.2) is 48.9 Å². The van der Waals surface area contributed by atoms with Crippen molar-refractivity contribution in [2.24, 2.45) is 13.0 Å². The molecule has 3 heterocycles. The third-order valence-electron chi connectivity index (χ3n) is 5.71. The summed E-state index contributed by atoms with van der Waals surface area (Å²) in [6.07, 6.45) is 6.68. The van der Waals surface area contributed by atoms with Crippen molar-refractivity contribution < 1.29 is 5.11 Å². The number of benzene rings is 1. The number of rotatable bonds is 5. The quantitative estimate of drug-likeness (QED) is 0.720. The van der Waals surface area contributed by atoms with Gasteiger partial charge in [-0.25, -0.2) is 15.0 Å². The maximum absolute atomic E-state index is 10.7. The van der Waals surface area contributed by atoms with E-state index in [9.17, 15) is 5.11 Å². The number of aryl methyl sites for hydroxylation is 1. The Morgan fingerprint density at radius 2 is 1.76 bits per heavy atom. The van der Waals surface area contributed by atoms with Crippen molar-refractivity contribution in [3.05, 3.63) is 54.7 Å². The molecule has 1 aromatic carbocycles. The number of nitrogens with zero attached hydrogens (tertiary/aromatic N) is 6. The fraction of sp³-hybridized carbons (Fsp3) is 0.409. The van der Waals surface area contributed by atoms with E-state index in [2.05, 4.69) is 44.0 Å². The number of hydrogen-bond donors (Lipinski definition) is 1. The van der Waals surface area contributed by atoms with Crippen molar-refractivity contribution in [2.45, 2.75) is 18.9 Å². The molecule has 1 aliphatic rings. The van der Waals surface area contributed by atoms with Gasteiger partial charge in [0.15, 0.2) is 0 Å². The van der Waals surface area contributed by atoms with Crippen molar-refractivity contribution in [2.75, 3.05) is 37.0 Å². The van der Waals surface area contributed by atoms with E-state index in [0.717, 1.165) is 54.6 Å². The largest absolute Gasteiger partial charge is 0.385 e. The van der Waals surface area contributed by atoms with Crippen molar-refractivity contribution in [3.63, 3.8) is 0 Å². The molecule has 0 spiro atoms. The third kappa shape index (κ3) is 4.10. The van der Waals surface area contributed by atoms with Crippen LogP contribution < -0.4 is 9.80 Å². The maximum atomic E-state index is 10.7. The summed E-state index contributed by atoms with van der Waals surface area (Å²) in [5.41, 5.74) is 3.17. The van der Waals surface area contributed by atoms with Crippen LogP contribution in [-0.4, -0.2) is 51.8 Å². The van der Waals surface area contributed by atoms with Crippen LogP contribution in [0.3, 0.4) is 0 Å². The van der Waals surface area contributed by atoms with Crippen LogP contribution >= 0.6 is 0 Å². The summed E-state index contributed by atoms with van der Waals surface area (Å²) in [4.78, 5) is 17.9. The Hall–Kier alpha value is -2.93. The minimum atomic E-state index is -0.528. The molecule has 1 aliphatic heterocycles. The Morgan fingerprint density at radius 1 is 1.03 bits per heavy atom. The van der Waals surface area contributed by atoms with Gasteiger partial charge < -0.3 is 19.5 Å². The molecule has 1 unspecified atom stereocenters. The molecule has 7 heteroatoms. The van der Waals surface area contributed by atoms with E-state index in [4.69, 9.17) is 4.98 Å². The smallest absolute Gasteiger partial charge is 0.225 e. The van der Waals surface area contributed by atoms with Gasteiger partial charge in [0, 0.05) is 64.1 Å². The van der Waals surface area contributed by atoms with Crippen molar-refractivity contribution in [1.82, 2.24) is 19.5 Å². The minimum absolute atomic E-state index is 0.203. The number of aliphatic hydroxyl groups excluding tert-OH is 1. The molecule has 0 bridgehead atoms. The number of hydrogen-bond acceptors (Lipinski definition) is 6. The number of anilines is 2.